The maximum Gasteiger partial charge on any atom is 0.336 e. The topological polar surface area (TPSA) is 72.6 Å². The van der Waals surface area contributed by atoms with E-state index in [1.165, 1.54) is 12.3 Å². The van der Waals surface area contributed by atoms with Crippen LogP contribution in [0.1, 0.15) is 21.6 Å². The first-order valence-corrected chi connectivity index (χ1v) is 6.77. The second-order valence-electron chi connectivity index (χ2n) is 5.04. The van der Waals surface area contributed by atoms with E-state index in [9.17, 15) is 9.90 Å². The number of rotatable bonds is 3. The van der Waals surface area contributed by atoms with E-state index in [1.54, 1.807) is 12.3 Å². The van der Waals surface area contributed by atoms with Crippen LogP contribution in [0.5, 0.6) is 5.75 Å². The fourth-order valence-corrected chi connectivity index (χ4v) is 2.61. The fourth-order valence-electron chi connectivity index (χ4n) is 2.61. The molecule has 0 spiro atoms. The number of aromatic nitrogens is 1. The van der Waals surface area contributed by atoms with Crippen molar-refractivity contribution in [3.8, 4) is 5.75 Å². The average Bonchev–Trinajstić information content (AvgIpc) is 3.11. The van der Waals surface area contributed by atoms with E-state index in [-0.39, 0.29) is 5.56 Å². The maximum absolute atomic E-state index is 11.2. The van der Waals surface area contributed by atoms with Gasteiger partial charge in [0.15, 0.2) is 0 Å². The monoisotopic (exact) mass is 293 g/mol. The number of carboxylic acid groups (broad SMARTS) is 1. The van der Waals surface area contributed by atoms with Crippen LogP contribution in [0.2, 0.25) is 0 Å². The van der Waals surface area contributed by atoms with Gasteiger partial charge in [0.2, 0.25) is 0 Å². The Kier molecular flexibility index (Phi) is 2.72. The molecule has 1 aliphatic carbocycles. The van der Waals surface area contributed by atoms with Crippen molar-refractivity contribution in [2.24, 2.45) is 0 Å². The van der Waals surface area contributed by atoms with Crippen LogP contribution in [0, 0.1) is 0 Å². The number of aromatic carboxylic acids is 1. The van der Waals surface area contributed by atoms with Gasteiger partial charge in [0.25, 0.3) is 0 Å². The number of fused-ring (bicyclic) bond motifs is 2. The molecule has 3 aromatic rings. The van der Waals surface area contributed by atoms with Crippen molar-refractivity contribution in [1.29, 1.82) is 0 Å². The lowest BCUT2D eigenvalue weighted by atomic mass is 10.1. The van der Waals surface area contributed by atoms with Crippen LogP contribution in [0.3, 0.4) is 0 Å². The number of carbonyl (C=O) groups is 1. The SMILES string of the molecule is O=C(O)c1ccnc2c1CC(Oc1ccc3ccoc3c1)=C2. The smallest absolute Gasteiger partial charge is 0.336 e. The number of hydrogen-bond donors (Lipinski definition) is 1. The zero-order valence-corrected chi connectivity index (χ0v) is 11.4. The first kappa shape index (κ1) is 12.6. The maximum atomic E-state index is 11.2. The zero-order chi connectivity index (χ0) is 15.1. The van der Waals surface area contributed by atoms with Gasteiger partial charge in [0.1, 0.15) is 17.1 Å². The predicted molar refractivity (Wildman–Crippen MR) is 79.7 cm³/mol. The normalized spacial score (nSPS) is 13.0. The van der Waals surface area contributed by atoms with Gasteiger partial charge in [-0.05, 0) is 29.8 Å². The molecule has 0 bridgehead atoms. The highest BCUT2D eigenvalue weighted by molar-refractivity contribution is 5.91. The minimum atomic E-state index is -0.953. The molecule has 4 rings (SSSR count). The van der Waals surface area contributed by atoms with Gasteiger partial charge in [-0.3, -0.25) is 4.98 Å². The summed E-state index contributed by atoms with van der Waals surface area (Å²) in [5.74, 6) is 0.366. The van der Waals surface area contributed by atoms with Crippen molar-refractivity contribution in [2.45, 2.75) is 6.42 Å². The highest BCUT2D eigenvalue weighted by Gasteiger charge is 2.22. The molecule has 5 nitrogen and oxygen atoms in total. The third-order valence-electron chi connectivity index (χ3n) is 3.64. The number of allylic oxidation sites excluding steroid dienone is 1. The first-order valence-electron chi connectivity index (χ1n) is 6.77. The number of hydrogen-bond acceptors (Lipinski definition) is 4. The van der Waals surface area contributed by atoms with Crippen LogP contribution in [-0.4, -0.2) is 16.1 Å². The number of ether oxygens (including phenoxy) is 1. The Morgan fingerprint density at radius 3 is 3.05 bits per heavy atom. The predicted octanol–water partition coefficient (Wildman–Crippen LogP) is 3.50. The molecular weight excluding hydrogens is 282 g/mol. The quantitative estimate of drug-likeness (QED) is 0.800. The lowest BCUT2D eigenvalue weighted by molar-refractivity contribution is 0.0695. The van der Waals surface area contributed by atoms with E-state index in [0.717, 1.165) is 11.0 Å². The standard InChI is InChI=1S/C17H11NO4/c19-17(20)13-3-5-18-15-8-12(7-14(13)15)22-11-2-1-10-4-6-21-16(10)9-11/h1-6,8-9H,7H2,(H,19,20). The van der Waals surface area contributed by atoms with Crippen LogP contribution in [0.4, 0.5) is 0 Å². The first-order chi connectivity index (χ1) is 10.7. The Balaban J connectivity index is 1.63. The number of pyridine rings is 1. The molecule has 1 N–H and O–H groups in total. The van der Waals surface area contributed by atoms with Gasteiger partial charge in [0.05, 0.1) is 17.5 Å². The van der Waals surface area contributed by atoms with Crippen LogP contribution < -0.4 is 4.74 Å². The Hall–Kier alpha value is -3.08. The molecule has 5 heteroatoms. The lowest BCUT2D eigenvalue weighted by Gasteiger charge is -2.07. The number of nitrogens with zero attached hydrogens (tertiary/aromatic N) is 1. The summed E-state index contributed by atoms with van der Waals surface area (Å²) >= 11 is 0. The molecule has 0 saturated heterocycles. The molecule has 0 aliphatic heterocycles. The molecule has 22 heavy (non-hydrogen) atoms. The fraction of sp³-hybridized carbons (Fsp3) is 0.0588. The molecule has 0 saturated carbocycles. The summed E-state index contributed by atoms with van der Waals surface area (Å²) in [6.45, 7) is 0. The summed E-state index contributed by atoms with van der Waals surface area (Å²) in [5.41, 5.74) is 2.34. The molecule has 0 fully saturated rings. The Bertz CT molecular complexity index is 923. The van der Waals surface area contributed by atoms with E-state index < -0.39 is 5.97 Å². The second-order valence-corrected chi connectivity index (χ2v) is 5.04. The van der Waals surface area contributed by atoms with Crippen LogP contribution in [-0.2, 0) is 6.42 Å². The van der Waals surface area contributed by atoms with Crippen molar-refractivity contribution in [3.05, 3.63) is 65.4 Å². The van der Waals surface area contributed by atoms with E-state index >= 15 is 0 Å². The third-order valence-corrected chi connectivity index (χ3v) is 3.64. The van der Waals surface area contributed by atoms with Crippen molar-refractivity contribution in [1.82, 2.24) is 4.98 Å². The van der Waals surface area contributed by atoms with Crippen molar-refractivity contribution in [2.75, 3.05) is 0 Å². The van der Waals surface area contributed by atoms with Gasteiger partial charge in [-0.1, -0.05) is 0 Å². The highest BCUT2D eigenvalue weighted by atomic mass is 16.5. The molecule has 1 aliphatic rings. The summed E-state index contributed by atoms with van der Waals surface area (Å²) in [5, 5.41) is 10.2. The molecule has 1 aromatic carbocycles. The third kappa shape index (κ3) is 2.03. The summed E-state index contributed by atoms with van der Waals surface area (Å²) < 4.78 is 11.2. The second kappa shape index (κ2) is 4.73. The van der Waals surface area contributed by atoms with Gasteiger partial charge in [0, 0.05) is 30.1 Å². The molecule has 2 aromatic heterocycles. The minimum Gasteiger partial charge on any atom is -0.478 e. The summed E-state index contributed by atoms with van der Waals surface area (Å²) in [6, 6.07) is 8.97. The van der Waals surface area contributed by atoms with Gasteiger partial charge >= 0.3 is 5.97 Å². The summed E-state index contributed by atoms with van der Waals surface area (Å²) in [6.07, 6.45) is 5.31. The van der Waals surface area contributed by atoms with Crippen LogP contribution >= 0.6 is 0 Å². The molecule has 2 heterocycles. The van der Waals surface area contributed by atoms with E-state index in [0.29, 0.717) is 29.2 Å². The number of furan rings is 1. The molecule has 108 valence electrons. The molecule has 0 unspecified atom stereocenters. The highest BCUT2D eigenvalue weighted by Crippen LogP contribution is 2.30. The summed E-state index contributed by atoms with van der Waals surface area (Å²) in [4.78, 5) is 15.4. The van der Waals surface area contributed by atoms with E-state index in [4.69, 9.17) is 9.15 Å². The van der Waals surface area contributed by atoms with Crippen molar-refractivity contribution in [3.63, 3.8) is 0 Å². The lowest BCUT2D eigenvalue weighted by Crippen LogP contribution is -2.04. The molecular formula is C17H11NO4. The molecule has 0 atom stereocenters. The van der Waals surface area contributed by atoms with Gasteiger partial charge < -0.3 is 14.3 Å². The van der Waals surface area contributed by atoms with Crippen molar-refractivity contribution < 1.29 is 19.1 Å². The minimum absolute atomic E-state index is 0.265. The van der Waals surface area contributed by atoms with Crippen LogP contribution in [0.15, 0.2) is 53.0 Å². The molecule has 0 amide bonds. The number of benzene rings is 1. The van der Waals surface area contributed by atoms with E-state index in [1.807, 2.05) is 24.3 Å². The Morgan fingerprint density at radius 2 is 2.18 bits per heavy atom. The van der Waals surface area contributed by atoms with Crippen molar-refractivity contribution >= 4 is 23.0 Å². The van der Waals surface area contributed by atoms with Crippen LogP contribution in [0.25, 0.3) is 17.0 Å². The van der Waals surface area contributed by atoms with Gasteiger partial charge in [-0.2, -0.15) is 0 Å². The average molecular weight is 293 g/mol. The Labute approximate surface area is 125 Å². The largest absolute Gasteiger partial charge is 0.478 e. The Morgan fingerprint density at radius 1 is 1.27 bits per heavy atom. The molecule has 0 radical (unpaired) electrons. The summed E-state index contributed by atoms with van der Waals surface area (Å²) in [7, 11) is 0. The van der Waals surface area contributed by atoms with Gasteiger partial charge in [-0.25, -0.2) is 4.79 Å². The number of carboxylic acids is 1. The van der Waals surface area contributed by atoms with E-state index in [2.05, 4.69) is 4.98 Å². The van der Waals surface area contributed by atoms with Gasteiger partial charge in [-0.15, -0.1) is 0 Å². The zero-order valence-electron chi connectivity index (χ0n) is 11.4.